The molecule has 0 aromatic heterocycles. The standard InChI is InChI=1S/C17H24FN3O2/c18-15-4-12-5-16(9-15,11-17(23,6-12)10-15)20-8-14(22)21-3-1-2-13(21)7-19/h12-13,20,23H,1-6,8-11H2. The Morgan fingerprint density at radius 1 is 1.35 bits per heavy atom. The third-order valence-electron chi connectivity index (χ3n) is 6.31. The van der Waals surface area contributed by atoms with Crippen molar-refractivity contribution in [2.45, 2.75) is 74.2 Å². The van der Waals surface area contributed by atoms with Crippen LogP contribution in [0.4, 0.5) is 4.39 Å². The number of nitrogens with zero attached hydrogens (tertiary/aromatic N) is 2. The molecular formula is C17H24FN3O2. The molecule has 5 unspecified atom stereocenters. The van der Waals surface area contributed by atoms with Gasteiger partial charge in [-0.1, -0.05) is 0 Å². The summed E-state index contributed by atoms with van der Waals surface area (Å²) in [5.41, 5.74) is -2.65. The van der Waals surface area contributed by atoms with E-state index in [1.807, 2.05) is 0 Å². The molecule has 5 fully saturated rings. The van der Waals surface area contributed by atoms with Crippen LogP contribution in [-0.4, -0.2) is 51.9 Å². The van der Waals surface area contributed by atoms with Crippen molar-refractivity contribution in [1.82, 2.24) is 10.2 Å². The summed E-state index contributed by atoms with van der Waals surface area (Å²) >= 11 is 0. The minimum Gasteiger partial charge on any atom is -0.390 e. The van der Waals surface area contributed by atoms with Gasteiger partial charge in [0.05, 0.1) is 18.2 Å². The van der Waals surface area contributed by atoms with Crippen molar-refractivity contribution >= 4 is 5.91 Å². The second-order valence-corrected chi connectivity index (χ2v) is 8.39. The molecule has 0 aromatic carbocycles. The van der Waals surface area contributed by atoms with Crippen LogP contribution in [0.3, 0.4) is 0 Å². The zero-order valence-corrected chi connectivity index (χ0v) is 13.4. The number of aliphatic hydroxyl groups is 1. The topological polar surface area (TPSA) is 76.4 Å². The van der Waals surface area contributed by atoms with Crippen molar-refractivity contribution in [3.8, 4) is 6.07 Å². The Hall–Kier alpha value is -1.19. The van der Waals surface area contributed by atoms with Crippen LogP contribution in [0.5, 0.6) is 0 Å². The molecule has 4 saturated carbocycles. The maximum Gasteiger partial charge on any atom is 0.237 e. The van der Waals surface area contributed by atoms with Gasteiger partial charge in [-0.15, -0.1) is 0 Å². The Kier molecular flexibility index (Phi) is 3.27. The van der Waals surface area contributed by atoms with Crippen molar-refractivity contribution < 1.29 is 14.3 Å². The van der Waals surface area contributed by atoms with Crippen LogP contribution in [0.1, 0.15) is 51.4 Å². The van der Waals surface area contributed by atoms with E-state index in [1.54, 1.807) is 4.90 Å². The molecule has 1 amide bonds. The first-order chi connectivity index (χ1) is 10.8. The van der Waals surface area contributed by atoms with Gasteiger partial charge in [-0.3, -0.25) is 4.79 Å². The van der Waals surface area contributed by atoms with Crippen molar-refractivity contribution in [1.29, 1.82) is 5.26 Å². The second-order valence-electron chi connectivity index (χ2n) is 8.39. The summed E-state index contributed by atoms with van der Waals surface area (Å²) in [6, 6.07) is 1.86. The Morgan fingerprint density at radius 3 is 2.87 bits per heavy atom. The van der Waals surface area contributed by atoms with Crippen LogP contribution in [0, 0.1) is 17.2 Å². The summed E-state index contributed by atoms with van der Waals surface area (Å²) < 4.78 is 15.0. The SMILES string of the molecule is N#CC1CCCN1C(=O)CNC12CC3CC(O)(CC(F)(C3)C1)C2. The van der Waals surface area contributed by atoms with E-state index in [9.17, 15) is 14.3 Å². The number of nitrogens with one attached hydrogen (secondary N) is 1. The summed E-state index contributed by atoms with van der Waals surface area (Å²) in [6.45, 7) is 0.766. The van der Waals surface area contributed by atoms with Gasteiger partial charge in [-0.2, -0.15) is 5.26 Å². The van der Waals surface area contributed by atoms with E-state index in [0.717, 1.165) is 19.3 Å². The molecule has 23 heavy (non-hydrogen) atoms. The molecule has 4 bridgehead atoms. The lowest BCUT2D eigenvalue weighted by atomic mass is 9.50. The second kappa shape index (κ2) is 4.90. The quantitative estimate of drug-likeness (QED) is 0.821. The van der Waals surface area contributed by atoms with Crippen molar-refractivity contribution in [3.05, 3.63) is 0 Å². The molecule has 0 radical (unpaired) electrons. The first kappa shape index (κ1) is 15.3. The predicted octanol–water partition coefficient (Wildman–Crippen LogP) is 1.27. The lowest BCUT2D eigenvalue weighted by Crippen LogP contribution is -2.69. The number of carbonyl (C=O) groups excluding carboxylic acids is 1. The predicted molar refractivity (Wildman–Crippen MR) is 81.1 cm³/mol. The minimum atomic E-state index is -1.28. The van der Waals surface area contributed by atoms with Gasteiger partial charge in [0.15, 0.2) is 0 Å². The van der Waals surface area contributed by atoms with Crippen molar-refractivity contribution in [2.75, 3.05) is 13.1 Å². The molecule has 2 N–H and O–H groups in total. The van der Waals surface area contributed by atoms with Gasteiger partial charge < -0.3 is 15.3 Å². The Bertz CT molecular complexity index is 557. The number of hydrogen-bond acceptors (Lipinski definition) is 4. The summed E-state index contributed by atoms with van der Waals surface area (Å²) in [6.07, 6.45) is 4.87. The Balaban J connectivity index is 1.45. The normalized spacial score (nSPS) is 47.8. The molecule has 4 aliphatic carbocycles. The summed E-state index contributed by atoms with van der Waals surface area (Å²) in [4.78, 5) is 14.1. The first-order valence-corrected chi connectivity index (χ1v) is 8.70. The molecule has 126 valence electrons. The number of rotatable bonds is 3. The number of alkyl halides is 1. The van der Waals surface area contributed by atoms with Gasteiger partial charge in [0.25, 0.3) is 0 Å². The molecule has 0 spiro atoms. The smallest absolute Gasteiger partial charge is 0.237 e. The van der Waals surface area contributed by atoms with E-state index < -0.39 is 16.8 Å². The highest BCUT2D eigenvalue weighted by molar-refractivity contribution is 5.79. The molecule has 6 heteroatoms. The molecule has 5 nitrogen and oxygen atoms in total. The molecule has 1 saturated heterocycles. The maximum atomic E-state index is 15.0. The van der Waals surface area contributed by atoms with Crippen molar-refractivity contribution in [2.24, 2.45) is 5.92 Å². The number of likely N-dealkylation sites (tertiary alicyclic amines) is 1. The highest BCUT2D eigenvalue weighted by atomic mass is 19.1. The van der Waals surface area contributed by atoms with E-state index in [4.69, 9.17) is 5.26 Å². The van der Waals surface area contributed by atoms with Gasteiger partial charge >= 0.3 is 0 Å². The molecule has 5 atom stereocenters. The molecule has 5 rings (SSSR count). The third-order valence-corrected chi connectivity index (χ3v) is 6.31. The Morgan fingerprint density at radius 2 is 2.17 bits per heavy atom. The first-order valence-electron chi connectivity index (χ1n) is 8.70. The number of carbonyl (C=O) groups is 1. The fraction of sp³-hybridized carbons (Fsp3) is 0.882. The fourth-order valence-corrected chi connectivity index (χ4v) is 6.03. The molecule has 1 heterocycles. The van der Waals surface area contributed by atoms with Crippen LogP contribution >= 0.6 is 0 Å². The van der Waals surface area contributed by atoms with Gasteiger partial charge in [0.1, 0.15) is 11.7 Å². The number of halogens is 1. The number of hydrogen-bond donors (Lipinski definition) is 2. The van der Waals surface area contributed by atoms with Crippen LogP contribution in [0.15, 0.2) is 0 Å². The number of nitriles is 1. The Labute approximate surface area is 135 Å². The third kappa shape index (κ3) is 2.54. The van der Waals surface area contributed by atoms with Gasteiger partial charge in [-0.05, 0) is 50.9 Å². The molecule has 0 aromatic rings. The van der Waals surface area contributed by atoms with E-state index in [-0.39, 0.29) is 30.8 Å². The lowest BCUT2D eigenvalue weighted by molar-refractivity contribution is -0.186. The molecule has 5 aliphatic rings. The zero-order valence-electron chi connectivity index (χ0n) is 13.4. The average Bonchev–Trinajstić information content (AvgIpc) is 2.89. The largest absolute Gasteiger partial charge is 0.390 e. The molecule has 1 aliphatic heterocycles. The van der Waals surface area contributed by atoms with Crippen LogP contribution in [0.2, 0.25) is 0 Å². The van der Waals surface area contributed by atoms with Crippen LogP contribution in [0.25, 0.3) is 0 Å². The minimum absolute atomic E-state index is 0.0790. The van der Waals surface area contributed by atoms with Crippen LogP contribution < -0.4 is 5.32 Å². The summed E-state index contributed by atoms with van der Waals surface area (Å²) in [5, 5.41) is 23.1. The van der Waals surface area contributed by atoms with Crippen LogP contribution in [-0.2, 0) is 4.79 Å². The van der Waals surface area contributed by atoms with Gasteiger partial charge in [-0.25, -0.2) is 4.39 Å². The highest BCUT2D eigenvalue weighted by Gasteiger charge is 2.63. The fourth-order valence-electron chi connectivity index (χ4n) is 6.03. The van der Waals surface area contributed by atoms with Gasteiger partial charge in [0.2, 0.25) is 5.91 Å². The van der Waals surface area contributed by atoms with Crippen molar-refractivity contribution in [3.63, 3.8) is 0 Å². The zero-order chi connectivity index (χ0) is 16.3. The summed E-state index contributed by atoms with van der Waals surface area (Å²) in [7, 11) is 0. The summed E-state index contributed by atoms with van der Waals surface area (Å²) in [5.74, 6) is 0.132. The maximum absolute atomic E-state index is 15.0. The van der Waals surface area contributed by atoms with E-state index in [0.29, 0.717) is 32.2 Å². The van der Waals surface area contributed by atoms with E-state index in [2.05, 4.69) is 11.4 Å². The van der Waals surface area contributed by atoms with Gasteiger partial charge in [0, 0.05) is 18.5 Å². The number of amides is 1. The molecular weight excluding hydrogens is 297 g/mol. The van der Waals surface area contributed by atoms with E-state index in [1.165, 1.54) is 0 Å². The average molecular weight is 321 g/mol. The highest BCUT2D eigenvalue weighted by Crippen LogP contribution is 2.60. The monoisotopic (exact) mass is 321 g/mol. The lowest BCUT2D eigenvalue weighted by Gasteiger charge is -2.62. The van der Waals surface area contributed by atoms with E-state index >= 15 is 0 Å².